The molecule has 10 heteroatoms. The van der Waals surface area contributed by atoms with Crippen molar-refractivity contribution >= 4 is 38.8 Å². The highest BCUT2D eigenvalue weighted by molar-refractivity contribution is 7.89. The van der Waals surface area contributed by atoms with Crippen LogP contribution in [0.1, 0.15) is 18.2 Å². The van der Waals surface area contributed by atoms with Gasteiger partial charge in [-0.2, -0.15) is 5.10 Å². The monoisotopic (exact) mass is 458 g/mol. The van der Waals surface area contributed by atoms with Crippen LogP contribution in [0.4, 0.5) is 5.69 Å². The molecule has 0 fully saturated rings. The second-order valence-corrected chi connectivity index (χ2v) is 8.60. The molecule has 0 atom stereocenters. The highest BCUT2D eigenvalue weighted by Gasteiger charge is 2.14. The predicted octanol–water partition coefficient (Wildman–Crippen LogP) is 3.48. The molecular formula is C21H22N4O4S2. The fraction of sp³-hybridized carbons (Fsp3) is 0.143. The summed E-state index contributed by atoms with van der Waals surface area (Å²) in [6.07, 6.45) is 1.49. The Hall–Kier alpha value is -3.21. The zero-order valence-electron chi connectivity index (χ0n) is 17.0. The molecule has 0 amide bonds. The molecule has 1 aromatic heterocycles. The lowest BCUT2D eigenvalue weighted by molar-refractivity contribution is 0.415. The summed E-state index contributed by atoms with van der Waals surface area (Å²) in [4.78, 5) is 0.152. The summed E-state index contributed by atoms with van der Waals surface area (Å²) in [7, 11) is -2.06. The van der Waals surface area contributed by atoms with E-state index in [-0.39, 0.29) is 11.4 Å². The predicted molar refractivity (Wildman–Crippen MR) is 124 cm³/mol. The van der Waals surface area contributed by atoms with Crippen LogP contribution < -0.4 is 20.2 Å². The Labute approximate surface area is 186 Å². The number of nitrogens with zero attached hydrogens (tertiary/aromatic N) is 1. The zero-order valence-corrected chi connectivity index (χ0v) is 18.6. The van der Waals surface area contributed by atoms with E-state index in [0.29, 0.717) is 22.3 Å². The lowest BCUT2D eigenvalue weighted by atomic mass is 10.1. The van der Waals surface area contributed by atoms with Gasteiger partial charge in [0.2, 0.25) is 10.0 Å². The van der Waals surface area contributed by atoms with E-state index >= 15 is 0 Å². The zero-order chi connectivity index (χ0) is 22.3. The van der Waals surface area contributed by atoms with Crippen molar-refractivity contribution in [1.29, 1.82) is 0 Å². The summed E-state index contributed by atoms with van der Waals surface area (Å²) in [5, 5.41) is 7.58. The molecule has 8 nitrogen and oxygen atoms in total. The van der Waals surface area contributed by atoms with E-state index in [2.05, 4.69) is 20.6 Å². The van der Waals surface area contributed by atoms with Crippen LogP contribution in [0, 0.1) is 0 Å². The van der Waals surface area contributed by atoms with Crippen molar-refractivity contribution in [3.05, 3.63) is 78.3 Å². The minimum Gasteiger partial charge on any atom is -0.497 e. The van der Waals surface area contributed by atoms with E-state index in [1.807, 2.05) is 24.3 Å². The molecule has 3 aromatic rings. The Kier molecular flexibility index (Phi) is 7.40. The molecule has 0 saturated carbocycles. The third kappa shape index (κ3) is 6.38. The van der Waals surface area contributed by atoms with Crippen LogP contribution in [0.2, 0.25) is 0 Å². The number of rotatable bonds is 8. The standard InChI is InChI=1S/C21H22N4O4S2/c1-15(24-25-21(30)23-17-5-3-6-18(13-17)28-2)16-8-10-20(11-9-16)31(26,27)22-14-19-7-4-12-29-19/h3-13,22H,14H2,1-2H3,(H2,23,25,30)/b24-15+. The van der Waals surface area contributed by atoms with Gasteiger partial charge in [-0.25, -0.2) is 13.1 Å². The van der Waals surface area contributed by atoms with Gasteiger partial charge in [-0.15, -0.1) is 0 Å². The highest BCUT2D eigenvalue weighted by Crippen LogP contribution is 2.16. The van der Waals surface area contributed by atoms with Crippen molar-refractivity contribution in [2.75, 3.05) is 12.4 Å². The third-order valence-electron chi connectivity index (χ3n) is 4.25. The van der Waals surface area contributed by atoms with Gasteiger partial charge in [0.1, 0.15) is 11.5 Å². The number of benzene rings is 2. The first-order valence-corrected chi connectivity index (χ1v) is 11.1. The van der Waals surface area contributed by atoms with Crippen LogP contribution >= 0.6 is 12.2 Å². The maximum Gasteiger partial charge on any atom is 0.240 e. The van der Waals surface area contributed by atoms with Crippen LogP contribution in [-0.4, -0.2) is 26.4 Å². The number of furan rings is 1. The molecule has 0 aliphatic carbocycles. The summed E-state index contributed by atoms with van der Waals surface area (Å²) in [5.74, 6) is 1.24. The lowest BCUT2D eigenvalue weighted by Gasteiger charge is -2.10. The Morgan fingerprint density at radius 1 is 1.13 bits per heavy atom. The second-order valence-electron chi connectivity index (χ2n) is 6.42. The van der Waals surface area contributed by atoms with Crippen molar-refractivity contribution in [3.63, 3.8) is 0 Å². The van der Waals surface area contributed by atoms with Crippen molar-refractivity contribution < 1.29 is 17.6 Å². The molecule has 31 heavy (non-hydrogen) atoms. The molecule has 0 aliphatic rings. The van der Waals surface area contributed by atoms with E-state index in [4.69, 9.17) is 21.4 Å². The number of hydrogen-bond donors (Lipinski definition) is 3. The minimum absolute atomic E-state index is 0.0826. The molecule has 0 spiro atoms. The molecule has 0 saturated heterocycles. The summed E-state index contributed by atoms with van der Waals surface area (Å²) in [6.45, 7) is 1.87. The Balaban J connectivity index is 1.59. The Morgan fingerprint density at radius 3 is 2.58 bits per heavy atom. The van der Waals surface area contributed by atoms with Crippen LogP contribution in [0.25, 0.3) is 0 Å². The fourth-order valence-electron chi connectivity index (χ4n) is 2.60. The third-order valence-corrected chi connectivity index (χ3v) is 5.86. The van der Waals surface area contributed by atoms with Crippen molar-refractivity contribution in [3.8, 4) is 5.75 Å². The van der Waals surface area contributed by atoms with Gasteiger partial charge in [0.15, 0.2) is 5.11 Å². The molecule has 162 valence electrons. The van der Waals surface area contributed by atoms with Gasteiger partial charge >= 0.3 is 0 Å². The number of anilines is 1. The van der Waals surface area contributed by atoms with Crippen molar-refractivity contribution in [2.45, 2.75) is 18.4 Å². The summed E-state index contributed by atoms with van der Waals surface area (Å²) in [5.41, 5.74) is 4.93. The number of sulfonamides is 1. The number of thiocarbonyl (C=S) groups is 1. The molecule has 0 unspecified atom stereocenters. The van der Waals surface area contributed by atoms with Gasteiger partial charge in [-0.3, -0.25) is 5.43 Å². The summed E-state index contributed by atoms with van der Waals surface area (Å²) >= 11 is 5.25. The van der Waals surface area contributed by atoms with Gasteiger partial charge < -0.3 is 14.5 Å². The van der Waals surface area contributed by atoms with Crippen LogP contribution in [0.15, 0.2) is 81.3 Å². The summed E-state index contributed by atoms with van der Waals surface area (Å²) < 4.78 is 37.6. The van der Waals surface area contributed by atoms with Crippen LogP contribution in [0.3, 0.4) is 0 Å². The van der Waals surface area contributed by atoms with Crippen molar-refractivity contribution in [2.24, 2.45) is 5.10 Å². The van der Waals surface area contributed by atoms with Crippen molar-refractivity contribution in [1.82, 2.24) is 10.1 Å². The molecule has 2 aromatic carbocycles. The Morgan fingerprint density at radius 2 is 1.90 bits per heavy atom. The molecule has 0 radical (unpaired) electrons. The van der Waals surface area contributed by atoms with Gasteiger partial charge in [0.05, 0.1) is 30.5 Å². The minimum atomic E-state index is -3.65. The molecule has 0 aliphatic heterocycles. The molecule has 0 bridgehead atoms. The average molecular weight is 459 g/mol. The molecule has 3 rings (SSSR count). The van der Waals surface area contributed by atoms with Crippen LogP contribution in [-0.2, 0) is 16.6 Å². The first kappa shape index (κ1) is 22.5. The number of hydrazone groups is 1. The molecule has 3 N–H and O–H groups in total. The van der Waals surface area contributed by atoms with Gasteiger partial charge in [-0.05, 0) is 61.1 Å². The normalized spacial score (nSPS) is 11.7. The first-order valence-electron chi connectivity index (χ1n) is 9.25. The first-order chi connectivity index (χ1) is 14.9. The molecular weight excluding hydrogens is 436 g/mol. The number of hydrogen-bond acceptors (Lipinski definition) is 6. The maximum atomic E-state index is 12.4. The van der Waals surface area contributed by atoms with E-state index in [1.165, 1.54) is 18.4 Å². The van der Waals surface area contributed by atoms with E-state index in [0.717, 1.165) is 11.3 Å². The lowest BCUT2D eigenvalue weighted by Crippen LogP contribution is -2.25. The SMILES string of the molecule is COc1cccc(NC(=S)N/N=C(\C)c2ccc(S(=O)(=O)NCc3ccco3)cc2)c1. The smallest absolute Gasteiger partial charge is 0.240 e. The van der Waals surface area contributed by atoms with E-state index < -0.39 is 10.0 Å². The summed E-state index contributed by atoms with van der Waals surface area (Å²) in [6, 6.07) is 17.1. The molecule has 1 heterocycles. The topological polar surface area (TPSA) is 105 Å². The van der Waals surface area contributed by atoms with Gasteiger partial charge in [0, 0.05) is 11.8 Å². The fourth-order valence-corrected chi connectivity index (χ4v) is 3.75. The number of nitrogens with one attached hydrogen (secondary N) is 3. The highest BCUT2D eigenvalue weighted by atomic mass is 32.2. The second kappa shape index (κ2) is 10.2. The van der Waals surface area contributed by atoms with Gasteiger partial charge in [0.25, 0.3) is 0 Å². The van der Waals surface area contributed by atoms with E-state index in [1.54, 1.807) is 38.3 Å². The maximum absolute atomic E-state index is 12.4. The Bertz CT molecular complexity index is 1160. The number of ether oxygens (including phenoxy) is 1. The largest absolute Gasteiger partial charge is 0.497 e. The van der Waals surface area contributed by atoms with Crippen LogP contribution in [0.5, 0.6) is 5.75 Å². The number of methoxy groups -OCH3 is 1. The van der Waals surface area contributed by atoms with Gasteiger partial charge in [-0.1, -0.05) is 18.2 Å². The van der Waals surface area contributed by atoms with E-state index in [9.17, 15) is 8.42 Å². The quantitative estimate of drug-likeness (QED) is 0.270. The average Bonchev–Trinajstić information content (AvgIpc) is 3.30.